The Kier molecular flexibility index (Phi) is 3.60. The first-order valence-corrected chi connectivity index (χ1v) is 6.65. The predicted octanol–water partition coefficient (Wildman–Crippen LogP) is 2.18. The van der Waals surface area contributed by atoms with Crippen LogP contribution in [0.25, 0.3) is 0 Å². The lowest BCUT2D eigenvalue weighted by Crippen LogP contribution is -2.27. The molecule has 8 heteroatoms. The van der Waals surface area contributed by atoms with Gasteiger partial charge in [0, 0.05) is 17.2 Å². The number of hydrogen-bond donors (Lipinski definition) is 0. The molecule has 0 spiro atoms. The Labute approximate surface area is 115 Å². The molecule has 0 aromatic carbocycles. The molecule has 0 aliphatic heterocycles. The zero-order valence-corrected chi connectivity index (χ0v) is 12.2. The maximum absolute atomic E-state index is 11.8. The minimum atomic E-state index is -0.313. The van der Waals surface area contributed by atoms with Crippen LogP contribution in [-0.4, -0.2) is 19.1 Å². The number of rotatable bonds is 2. The third kappa shape index (κ3) is 2.41. The van der Waals surface area contributed by atoms with Crippen molar-refractivity contribution in [2.24, 2.45) is 0 Å². The summed E-state index contributed by atoms with van der Waals surface area (Å²) in [7, 11) is 0. The predicted molar refractivity (Wildman–Crippen MR) is 69.7 cm³/mol. The molecule has 0 aliphatic carbocycles. The largest absolute Gasteiger partial charge is 0.348 e. The molecule has 2 rings (SSSR count). The van der Waals surface area contributed by atoms with Gasteiger partial charge in [-0.25, -0.2) is 4.79 Å². The first kappa shape index (κ1) is 12.7. The van der Waals surface area contributed by atoms with Crippen molar-refractivity contribution in [3.63, 3.8) is 0 Å². The SMILES string of the molecule is Cc1nc(=O)n(Cc2nnsc2Cl)c(C)c1Br. The normalized spacial score (nSPS) is 10.8. The van der Waals surface area contributed by atoms with Gasteiger partial charge in [-0.1, -0.05) is 16.1 Å². The van der Waals surface area contributed by atoms with Gasteiger partial charge < -0.3 is 0 Å². The maximum atomic E-state index is 11.8. The van der Waals surface area contributed by atoms with Crippen LogP contribution in [0.15, 0.2) is 9.27 Å². The summed E-state index contributed by atoms with van der Waals surface area (Å²) in [5.41, 5.74) is 1.74. The molecule has 17 heavy (non-hydrogen) atoms. The Morgan fingerprint density at radius 3 is 2.76 bits per heavy atom. The van der Waals surface area contributed by atoms with Crippen molar-refractivity contribution in [3.05, 3.63) is 36.4 Å². The minimum Gasteiger partial charge on any atom is -0.289 e. The fraction of sp³-hybridized carbons (Fsp3) is 0.333. The quantitative estimate of drug-likeness (QED) is 0.844. The zero-order chi connectivity index (χ0) is 12.6. The van der Waals surface area contributed by atoms with Crippen molar-refractivity contribution < 1.29 is 0 Å². The third-order valence-electron chi connectivity index (χ3n) is 2.35. The van der Waals surface area contributed by atoms with E-state index >= 15 is 0 Å². The molecule has 2 aromatic heterocycles. The highest BCUT2D eigenvalue weighted by molar-refractivity contribution is 9.10. The topological polar surface area (TPSA) is 60.7 Å². The van der Waals surface area contributed by atoms with Crippen LogP contribution >= 0.6 is 39.1 Å². The second-order valence-corrected chi connectivity index (χ2v) is 5.61. The highest BCUT2D eigenvalue weighted by Crippen LogP contribution is 2.20. The van der Waals surface area contributed by atoms with Gasteiger partial charge in [0.25, 0.3) is 0 Å². The molecule has 0 N–H and O–H groups in total. The summed E-state index contributed by atoms with van der Waals surface area (Å²) in [4.78, 5) is 15.7. The third-order valence-corrected chi connectivity index (χ3v) is 4.48. The van der Waals surface area contributed by atoms with Gasteiger partial charge in [0.15, 0.2) is 0 Å². The Balaban J connectivity index is 2.51. The lowest BCUT2D eigenvalue weighted by Gasteiger charge is -2.10. The summed E-state index contributed by atoms with van der Waals surface area (Å²) < 4.78 is 6.55. The molecule has 0 saturated heterocycles. The molecule has 0 amide bonds. The first-order chi connectivity index (χ1) is 8.00. The summed E-state index contributed by atoms with van der Waals surface area (Å²) in [5.74, 6) is 0. The molecule has 2 aromatic rings. The number of halogens is 2. The van der Waals surface area contributed by atoms with Crippen LogP contribution in [-0.2, 0) is 6.54 Å². The number of hydrogen-bond acceptors (Lipinski definition) is 5. The Morgan fingerprint density at radius 1 is 1.47 bits per heavy atom. The number of aromatic nitrogens is 4. The first-order valence-electron chi connectivity index (χ1n) is 4.71. The van der Waals surface area contributed by atoms with Crippen LogP contribution in [0.4, 0.5) is 0 Å². The molecule has 5 nitrogen and oxygen atoms in total. The number of nitrogens with zero attached hydrogens (tertiary/aromatic N) is 4. The van der Waals surface area contributed by atoms with Crippen LogP contribution in [0, 0.1) is 13.8 Å². The standard InChI is InChI=1S/C9H8BrClN4OS/c1-4-7(10)5(2)15(9(16)12-4)3-6-8(11)17-14-13-6/h3H2,1-2H3. The van der Waals surface area contributed by atoms with Crippen molar-refractivity contribution in [1.29, 1.82) is 0 Å². The van der Waals surface area contributed by atoms with Crippen LogP contribution in [0.5, 0.6) is 0 Å². The lowest BCUT2D eigenvalue weighted by molar-refractivity contribution is 0.674. The molecule has 0 unspecified atom stereocenters. The Morgan fingerprint density at radius 2 is 2.18 bits per heavy atom. The van der Waals surface area contributed by atoms with E-state index in [9.17, 15) is 4.79 Å². The molecule has 0 saturated carbocycles. The maximum Gasteiger partial charge on any atom is 0.348 e. The summed E-state index contributed by atoms with van der Waals surface area (Å²) in [5, 5.41) is 3.88. The second kappa shape index (κ2) is 4.83. The highest BCUT2D eigenvalue weighted by Gasteiger charge is 2.13. The van der Waals surface area contributed by atoms with E-state index in [1.54, 1.807) is 6.92 Å². The van der Waals surface area contributed by atoms with E-state index in [1.807, 2.05) is 6.92 Å². The molecule has 0 radical (unpaired) electrons. The van der Waals surface area contributed by atoms with Gasteiger partial charge in [0.1, 0.15) is 10.0 Å². The number of aryl methyl sites for hydroxylation is 1. The van der Waals surface area contributed by atoms with Gasteiger partial charge in [0.2, 0.25) is 0 Å². The van der Waals surface area contributed by atoms with Gasteiger partial charge in [-0.3, -0.25) is 4.57 Å². The van der Waals surface area contributed by atoms with Crippen molar-refractivity contribution in [2.75, 3.05) is 0 Å². The van der Waals surface area contributed by atoms with Gasteiger partial charge in [-0.2, -0.15) is 4.98 Å². The minimum absolute atomic E-state index is 0.284. The van der Waals surface area contributed by atoms with Crippen molar-refractivity contribution in [1.82, 2.24) is 19.1 Å². The fourth-order valence-electron chi connectivity index (χ4n) is 1.40. The fourth-order valence-corrected chi connectivity index (χ4v) is 2.32. The van der Waals surface area contributed by atoms with E-state index in [4.69, 9.17) is 11.6 Å². The smallest absolute Gasteiger partial charge is 0.289 e. The van der Waals surface area contributed by atoms with E-state index in [0.717, 1.165) is 21.7 Å². The van der Waals surface area contributed by atoms with Gasteiger partial charge in [-0.15, -0.1) is 5.10 Å². The van der Waals surface area contributed by atoms with E-state index in [1.165, 1.54) is 4.57 Å². The molecule has 0 fully saturated rings. The monoisotopic (exact) mass is 334 g/mol. The Bertz CT molecular complexity index is 624. The molecule has 0 aliphatic rings. The lowest BCUT2D eigenvalue weighted by atomic mass is 10.3. The Hall–Kier alpha value is -0.790. The average molecular weight is 336 g/mol. The van der Waals surface area contributed by atoms with Crippen molar-refractivity contribution >= 4 is 39.1 Å². The summed E-state index contributed by atoms with van der Waals surface area (Å²) in [6.45, 7) is 3.90. The van der Waals surface area contributed by atoms with Gasteiger partial charge in [-0.05, 0) is 29.8 Å². The zero-order valence-electron chi connectivity index (χ0n) is 9.07. The highest BCUT2D eigenvalue weighted by atomic mass is 79.9. The van der Waals surface area contributed by atoms with Crippen LogP contribution in [0.1, 0.15) is 17.1 Å². The summed E-state index contributed by atoms with van der Waals surface area (Å²) in [6, 6.07) is 0. The molecule has 0 bridgehead atoms. The molecule has 90 valence electrons. The van der Waals surface area contributed by atoms with Crippen molar-refractivity contribution in [3.8, 4) is 0 Å². The molecular formula is C9H8BrClN4OS. The summed E-state index contributed by atoms with van der Waals surface area (Å²) >= 11 is 10.4. The van der Waals surface area contributed by atoms with E-state index in [0.29, 0.717) is 15.7 Å². The van der Waals surface area contributed by atoms with Gasteiger partial charge in [0.05, 0.1) is 16.7 Å². The molecule has 0 atom stereocenters. The van der Waals surface area contributed by atoms with Crippen LogP contribution in [0.2, 0.25) is 4.34 Å². The summed E-state index contributed by atoms with van der Waals surface area (Å²) in [6.07, 6.45) is 0. The van der Waals surface area contributed by atoms with E-state index in [-0.39, 0.29) is 12.2 Å². The average Bonchev–Trinajstić information content (AvgIpc) is 2.67. The van der Waals surface area contributed by atoms with E-state index < -0.39 is 0 Å². The second-order valence-electron chi connectivity index (χ2n) is 3.46. The van der Waals surface area contributed by atoms with E-state index in [2.05, 4.69) is 30.5 Å². The van der Waals surface area contributed by atoms with Crippen molar-refractivity contribution in [2.45, 2.75) is 20.4 Å². The molecular weight excluding hydrogens is 328 g/mol. The van der Waals surface area contributed by atoms with Gasteiger partial charge >= 0.3 is 5.69 Å². The molecule has 2 heterocycles. The van der Waals surface area contributed by atoms with Crippen LogP contribution in [0.3, 0.4) is 0 Å². The van der Waals surface area contributed by atoms with Crippen LogP contribution < -0.4 is 5.69 Å².